The first-order valence-electron chi connectivity index (χ1n) is 8.61. The molecule has 0 radical (unpaired) electrons. The van der Waals surface area contributed by atoms with E-state index in [0.29, 0.717) is 24.6 Å². The number of aromatic nitrogens is 1. The lowest BCUT2D eigenvalue weighted by atomic mass is 9.57. The molecule has 1 aliphatic heterocycles. The van der Waals surface area contributed by atoms with E-state index >= 15 is 0 Å². The summed E-state index contributed by atoms with van der Waals surface area (Å²) in [5, 5.41) is 7.00. The molecule has 1 aromatic heterocycles. The summed E-state index contributed by atoms with van der Waals surface area (Å²) in [6, 6.07) is 4.45. The van der Waals surface area contributed by atoms with Gasteiger partial charge < -0.3 is 15.4 Å². The van der Waals surface area contributed by atoms with Gasteiger partial charge in [0.05, 0.1) is 18.3 Å². The van der Waals surface area contributed by atoms with E-state index in [1.165, 1.54) is 5.56 Å². The van der Waals surface area contributed by atoms with E-state index in [4.69, 9.17) is 9.73 Å². The molecule has 5 nitrogen and oxygen atoms in total. The van der Waals surface area contributed by atoms with Gasteiger partial charge in [0.2, 0.25) is 0 Å². The Kier molecular flexibility index (Phi) is 4.57. The lowest BCUT2D eigenvalue weighted by Gasteiger charge is -2.54. The minimum Gasteiger partial charge on any atom is -0.377 e. The van der Waals surface area contributed by atoms with Gasteiger partial charge in [-0.25, -0.2) is 4.99 Å². The van der Waals surface area contributed by atoms with Crippen molar-refractivity contribution in [2.75, 3.05) is 13.2 Å². The molecule has 1 saturated carbocycles. The maximum Gasteiger partial charge on any atom is 0.191 e. The van der Waals surface area contributed by atoms with Crippen LogP contribution < -0.4 is 10.6 Å². The van der Waals surface area contributed by atoms with Crippen LogP contribution in [0.25, 0.3) is 0 Å². The summed E-state index contributed by atoms with van der Waals surface area (Å²) in [7, 11) is 0. The van der Waals surface area contributed by atoms with Gasteiger partial charge in [-0.15, -0.1) is 0 Å². The van der Waals surface area contributed by atoms with E-state index in [-0.39, 0.29) is 5.41 Å². The second-order valence-electron chi connectivity index (χ2n) is 7.15. The zero-order chi connectivity index (χ0) is 16.4. The van der Waals surface area contributed by atoms with Gasteiger partial charge in [-0.1, -0.05) is 19.9 Å². The Labute approximate surface area is 138 Å². The zero-order valence-electron chi connectivity index (χ0n) is 14.6. The van der Waals surface area contributed by atoms with Crippen LogP contribution >= 0.6 is 0 Å². The monoisotopic (exact) mass is 316 g/mol. The molecule has 1 aliphatic carbocycles. The van der Waals surface area contributed by atoms with Crippen LogP contribution in [0.5, 0.6) is 0 Å². The molecule has 126 valence electrons. The SMILES string of the molecule is CCNC(=NCc1ncccc1C)NC1C2CCOC2C1(C)C. The average molecular weight is 316 g/mol. The molecule has 2 fully saturated rings. The van der Waals surface area contributed by atoms with Gasteiger partial charge in [0, 0.05) is 36.7 Å². The molecule has 0 bridgehead atoms. The Hall–Kier alpha value is -1.62. The summed E-state index contributed by atoms with van der Waals surface area (Å²) < 4.78 is 5.87. The van der Waals surface area contributed by atoms with Crippen LogP contribution in [0.4, 0.5) is 0 Å². The van der Waals surface area contributed by atoms with Crippen molar-refractivity contribution in [3.63, 3.8) is 0 Å². The summed E-state index contributed by atoms with van der Waals surface area (Å²) in [4.78, 5) is 9.16. The van der Waals surface area contributed by atoms with Crippen molar-refractivity contribution in [1.29, 1.82) is 0 Å². The van der Waals surface area contributed by atoms with E-state index in [9.17, 15) is 0 Å². The summed E-state index contributed by atoms with van der Waals surface area (Å²) in [6.45, 7) is 11.1. The summed E-state index contributed by atoms with van der Waals surface area (Å²) in [5.74, 6) is 1.48. The number of rotatable bonds is 4. The smallest absolute Gasteiger partial charge is 0.191 e. The molecule has 2 heterocycles. The van der Waals surface area contributed by atoms with Gasteiger partial charge in [0.1, 0.15) is 0 Å². The number of ether oxygens (including phenoxy) is 1. The fourth-order valence-corrected chi connectivity index (χ4v) is 3.92. The normalized spacial score (nSPS) is 28.9. The third kappa shape index (κ3) is 3.07. The predicted molar refractivity (Wildman–Crippen MR) is 92.3 cm³/mol. The highest BCUT2D eigenvalue weighted by Gasteiger charge is 2.59. The quantitative estimate of drug-likeness (QED) is 0.661. The molecule has 3 rings (SSSR count). The van der Waals surface area contributed by atoms with Crippen LogP contribution in [0, 0.1) is 18.3 Å². The predicted octanol–water partition coefficient (Wildman–Crippen LogP) is 2.26. The summed E-state index contributed by atoms with van der Waals surface area (Å²) in [5.41, 5.74) is 2.36. The number of guanidine groups is 1. The number of fused-ring (bicyclic) bond motifs is 1. The van der Waals surface area contributed by atoms with Crippen LogP contribution in [-0.2, 0) is 11.3 Å². The van der Waals surface area contributed by atoms with Crippen molar-refractivity contribution in [2.45, 2.75) is 52.8 Å². The fraction of sp³-hybridized carbons (Fsp3) is 0.667. The minimum absolute atomic E-state index is 0.151. The number of aryl methyl sites for hydroxylation is 1. The minimum atomic E-state index is 0.151. The van der Waals surface area contributed by atoms with Crippen LogP contribution in [0.15, 0.2) is 23.3 Å². The van der Waals surface area contributed by atoms with Crippen molar-refractivity contribution >= 4 is 5.96 Å². The molecule has 1 aromatic rings. The molecular weight excluding hydrogens is 288 g/mol. The second-order valence-corrected chi connectivity index (χ2v) is 7.15. The number of hydrogen-bond donors (Lipinski definition) is 2. The van der Waals surface area contributed by atoms with Gasteiger partial charge in [-0.2, -0.15) is 0 Å². The third-order valence-electron chi connectivity index (χ3n) is 5.24. The second kappa shape index (κ2) is 6.48. The highest BCUT2D eigenvalue weighted by atomic mass is 16.5. The average Bonchev–Trinajstić information content (AvgIpc) is 2.98. The van der Waals surface area contributed by atoms with E-state index in [1.807, 2.05) is 12.3 Å². The molecule has 0 amide bonds. The maximum atomic E-state index is 5.87. The lowest BCUT2D eigenvalue weighted by Crippen LogP contribution is -2.67. The Bertz CT molecular complexity index is 584. The van der Waals surface area contributed by atoms with E-state index in [1.54, 1.807) is 0 Å². The van der Waals surface area contributed by atoms with Gasteiger partial charge >= 0.3 is 0 Å². The molecule has 3 atom stereocenters. The first-order valence-corrected chi connectivity index (χ1v) is 8.61. The molecule has 1 saturated heterocycles. The van der Waals surface area contributed by atoms with Gasteiger partial charge in [-0.05, 0) is 31.9 Å². The van der Waals surface area contributed by atoms with Crippen LogP contribution in [0.2, 0.25) is 0 Å². The molecule has 2 N–H and O–H groups in total. The first-order chi connectivity index (χ1) is 11.0. The highest BCUT2D eigenvalue weighted by Crippen LogP contribution is 2.52. The van der Waals surface area contributed by atoms with Crippen LogP contribution in [0.1, 0.15) is 38.4 Å². The van der Waals surface area contributed by atoms with Crippen molar-refractivity contribution < 1.29 is 4.74 Å². The third-order valence-corrected chi connectivity index (χ3v) is 5.24. The molecule has 23 heavy (non-hydrogen) atoms. The van der Waals surface area contributed by atoms with E-state index in [2.05, 4.69) is 49.4 Å². The molecular formula is C18H28N4O. The van der Waals surface area contributed by atoms with Crippen molar-refractivity contribution in [2.24, 2.45) is 16.3 Å². The molecule has 0 spiro atoms. The number of nitrogens with one attached hydrogen (secondary N) is 2. The van der Waals surface area contributed by atoms with Crippen LogP contribution in [0.3, 0.4) is 0 Å². The van der Waals surface area contributed by atoms with E-state index in [0.717, 1.165) is 31.2 Å². The molecule has 3 unspecified atom stereocenters. The summed E-state index contributed by atoms with van der Waals surface area (Å²) >= 11 is 0. The number of aliphatic imine (C=N–C) groups is 1. The van der Waals surface area contributed by atoms with Gasteiger partial charge in [0.15, 0.2) is 5.96 Å². The fourth-order valence-electron chi connectivity index (χ4n) is 3.92. The Morgan fingerprint density at radius 1 is 1.48 bits per heavy atom. The topological polar surface area (TPSA) is 58.5 Å². The standard InChI is InChI=1S/C18H28N4O/c1-5-19-17(21-11-14-12(2)7-6-9-20-14)22-15-13-8-10-23-16(13)18(15,3)4/h6-7,9,13,15-16H,5,8,10-11H2,1-4H3,(H2,19,21,22). The zero-order valence-corrected chi connectivity index (χ0v) is 14.6. The van der Waals surface area contributed by atoms with Crippen LogP contribution in [-0.4, -0.2) is 36.2 Å². The summed E-state index contributed by atoms with van der Waals surface area (Å²) in [6.07, 6.45) is 3.36. The molecule has 0 aromatic carbocycles. The molecule has 5 heteroatoms. The van der Waals surface area contributed by atoms with Gasteiger partial charge in [-0.3, -0.25) is 4.98 Å². The van der Waals surface area contributed by atoms with Crippen molar-refractivity contribution in [3.8, 4) is 0 Å². The lowest BCUT2D eigenvalue weighted by molar-refractivity contribution is -0.106. The van der Waals surface area contributed by atoms with Gasteiger partial charge in [0.25, 0.3) is 0 Å². The first kappa shape index (κ1) is 16.2. The largest absolute Gasteiger partial charge is 0.377 e. The number of pyridine rings is 1. The number of hydrogen-bond acceptors (Lipinski definition) is 3. The highest BCUT2D eigenvalue weighted by molar-refractivity contribution is 5.80. The Balaban J connectivity index is 1.69. The maximum absolute atomic E-state index is 5.87. The Morgan fingerprint density at radius 2 is 2.30 bits per heavy atom. The van der Waals surface area contributed by atoms with Crippen molar-refractivity contribution in [3.05, 3.63) is 29.6 Å². The van der Waals surface area contributed by atoms with Crippen molar-refractivity contribution in [1.82, 2.24) is 15.6 Å². The molecule has 2 aliphatic rings. The Morgan fingerprint density at radius 3 is 3.04 bits per heavy atom. The number of nitrogens with zero attached hydrogens (tertiary/aromatic N) is 2. The van der Waals surface area contributed by atoms with E-state index < -0.39 is 0 Å².